The van der Waals surface area contributed by atoms with E-state index in [0.717, 1.165) is 50.8 Å². The second-order valence-corrected chi connectivity index (χ2v) is 6.14. The number of nitrogens with zero attached hydrogens (tertiary/aromatic N) is 1. The third-order valence-electron chi connectivity index (χ3n) is 4.43. The zero-order chi connectivity index (χ0) is 16.3. The number of hydrogen-bond donors (Lipinski definition) is 2. The highest BCUT2D eigenvalue weighted by Gasteiger charge is 2.15. The van der Waals surface area contributed by atoms with Gasteiger partial charge in [-0.15, -0.1) is 0 Å². The molecule has 2 heterocycles. The van der Waals surface area contributed by atoms with Crippen LogP contribution < -0.4 is 10.6 Å². The first-order chi connectivity index (χ1) is 11.3. The first kappa shape index (κ1) is 17.9. The van der Waals surface area contributed by atoms with Gasteiger partial charge in [-0.3, -0.25) is 4.99 Å². The maximum absolute atomic E-state index is 5.67. The molecule has 1 unspecified atom stereocenters. The molecule has 1 saturated heterocycles. The third kappa shape index (κ3) is 6.65. The van der Waals surface area contributed by atoms with Crippen molar-refractivity contribution < 1.29 is 9.15 Å². The predicted octanol–water partition coefficient (Wildman–Crippen LogP) is 2.97. The topological polar surface area (TPSA) is 58.8 Å². The zero-order valence-corrected chi connectivity index (χ0v) is 14.5. The van der Waals surface area contributed by atoms with Crippen LogP contribution in [0, 0.1) is 5.92 Å². The number of ether oxygens (including phenoxy) is 1. The summed E-state index contributed by atoms with van der Waals surface area (Å²) < 4.78 is 11.0. The SMILES string of the molecule is CCC(CC)CN=C(NCCc1ccco1)NCC1CCCO1. The Morgan fingerprint density at radius 2 is 2.22 bits per heavy atom. The van der Waals surface area contributed by atoms with Crippen molar-refractivity contribution in [1.82, 2.24) is 10.6 Å². The molecule has 5 heteroatoms. The van der Waals surface area contributed by atoms with Crippen molar-refractivity contribution in [3.63, 3.8) is 0 Å². The summed E-state index contributed by atoms with van der Waals surface area (Å²) in [5, 5.41) is 6.84. The van der Waals surface area contributed by atoms with Crippen molar-refractivity contribution >= 4 is 5.96 Å². The molecule has 1 aromatic rings. The van der Waals surface area contributed by atoms with E-state index in [1.165, 1.54) is 19.3 Å². The molecule has 2 N–H and O–H groups in total. The third-order valence-corrected chi connectivity index (χ3v) is 4.43. The highest BCUT2D eigenvalue weighted by Crippen LogP contribution is 2.11. The normalized spacial score (nSPS) is 18.6. The van der Waals surface area contributed by atoms with Gasteiger partial charge in [0, 0.05) is 32.7 Å². The Morgan fingerprint density at radius 1 is 1.35 bits per heavy atom. The molecule has 0 spiro atoms. The van der Waals surface area contributed by atoms with Crippen LogP contribution in [0.5, 0.6) is 0 Å². The Bertz CT molecular complexity index is 435. The van der Waals surface area contributed by atoms with Crippen molar-refractivity contribution in [1.29, 1.82) is 0 Å². The average Bonchev–Trinajstić information content (AvgIpc) is 3.26. The van der Waals surface area contributed by atoms with E-state index in [1.54, 1.807) is 6.26 Å². The van der Waals surface area contributed by atoms with Crippen LogP contribution in [0.1, 0.15) is 45.3 Å². The van der Waals surface area contributed by atoms with Gasteiger partial charge in [0.2, 0.25) is 0 Å². The van der Waals surface area contributed by atoms with Crippen molar-refractivity contribution in [2.24, 2.45) is 10.9 Å². The second kappa shape index (κ2) is 10.3. The molecule has 1 aliphatic rings. The van der Waals surface area contributed by atoms with Gasteiger partial charge in [-0.25, -0.2) is 0 Å². The van der Waals surface area contributed by atoms with Gasteiger partial charge >= 0.3 is 0 Å². The molecule has 0 aliphatic carbocycles. The van der Waals surface area contributed by atoms with Crippen LogP contribution in [0.15, 0.2) is 27.8 Å². The van der Waals surface area contributed by atoms with E-state index < -0.39 is 0 Å². The molecule has 2 rings (SSSR count). The molecule has 0 amide bonds. The molecule has 23 heavy (non-hydrogen) atoms. The van der Waals surface area contributed by atoms with E-state index in [9.17, 15) is 0 Å². The highest BCUT2D eigenvalue weighted by molar-refractivity contribution is 5.79. The standard InChI is InChI=1S/C18H31N3O2/c1-3-15(4-2)13-20-18(21-14-17-8-6-12-23-17)19-10-9-16-7-5-11-22-16/h5,7,11,15,17H,3-4,6,8-10,12-14H2,1-2H3,(H2,19,20,21). The Balaban J connectivity index is 1.79. The smallest absolute Gasteiger partial charge is 0.191 e. The van der Waals surface area contributed by atoms with Crippen LogP contribution in [0.4, 0.5) is 0 Å². The van der Waals surface area contributed by atoms with Gasteiger partial charge < -0.3 is 19.8 Å². The Morgan fingerprint density at radius 3 is 2.87 bits per heavy atom. The molecular formula is C18H31N3O2. The molecule has 5 nitrogen and oxygen atoms in total. The lowest BCUT2D eigenvalue weighted by molar-refractivity contribution is 0.114. The lowest BCUT2D eigenvalue weighted by Gasteiger charge is -2.17. The molecule has 1 aromatic heterocycles. The van der Waals surface area contributed by atoms with E-state index in [2.05, 4.69) is 24.5 Å². The lowest BCUT2D eigenvalue weighted by Crippen LogP contribution is -2.42. The van der Waals surface area contributed by atoms with E-state index in [4.69, 9.17) is 14.1 Å². The number of aliphatic imine (C=N–C) groups is 1. The largest absolute Gasteiger partial charge is 0.469 e. The fourth-order valence-corrected chi connectivity index (χ4v) is 2.72. The van der Waals surface area contributed by atoms with Crippen molar-refractivity contribution in [3.8, 4) is 0 Å². The van der Waals surface area contributed by atoms with Gasteiger partial charge in [0.15, 0.2) is 5.96 Å². The van der Waals surface area contributed by atoms with Crippen molar-refractivity contribution in [2.75, 3.05) is 26.2 Å². The van der Waals surface area contributed by atoms with E-state index in [1.807, 2.05) is 12.1 Å². The van der Waals surface area contributed by atoms with Crippen LogP contribution in [-0.4, -0.2) is 38.3 Å². The molecule has 0 bridgehead atoms. The minimum atomic E-state index is 0.320. The summed E-state index contributed by atoms with van der Waals surface area (Å²) in [7, 11) is 0. The lowest BCUT2D eigenvalue weighted by atomic mass is 10.0. The fourth-order valence-electron chi connectivity index (χ4n) is 2.72. The number of nitrogens with one attached hydrogen (secondary N) is 2. The van der Waals surface area contributed by atoms with Gasteiger partial charge in [-0.05, 0) is 30.9 Å². The second-order valence-electron chi connectivity index (χ2n) is 6.14. The van der Waals surface area contributed by atoms with Crippen LogP contribution in [0.25, 0.3) is 0 Å². The number of furan rings is 1. The van der Waals surface area contributed by atoms with E-state index in [-0.39, 0.29) is 0 Å². The van der Waals surface area contributed by atoms with Gasteiger partial charge in [-0.2, -0.15) is 0 Å². The first-order valence-electron chi connectivity index (χ1n) is 8.98. The van der Waals surface area contributed by atoms with Gasteiger partial charge in [-0.1, -0.05) is 26.7 Å². The zero-order valence-electron chi connectivity index (χ0n) is 14.5. The monoisotopic (exact) mass is 321 g/mol. The minimum Gasteiger partial charge on any atom is -0.469 e. The average molecular weight is 321 g/mol. The maximum atomic E-state index is 5.67. The summed E-state index contributed by atoms with van der Waals surface area (Å²) in [6.45, 7) is 7.86. The Kier molecular flexibility index (Phi) is 8.01. The summed E-state index contributed by atoms with van der Waals surface area (Å²) in [4.78, 5) is 4.75. The highest BCUT2D eigenvalue weighted by atomic mass is 16.5. The molecule has 1 aliphatic heterocycles. The number of guanidine groups is 1. The van der Waals surface area contributed by atoms with Crippen LogP contribution in [0.3, 0.4) is 0 Å². The Hall–Kier alpha value is -1.49. The fraction of sp³-hybridized carbons (Fsp3) is 0.722. The van der Waals surface area contributed by atoms with Crippen molar-refractivity contribution in [3.05, 3.63) is 24.2 Å². The minimum absolute atomic E-state index is 0.320. The van der Waals surface area contributed by atoms with Gasteiger partial charge in [0.1, 0.15) is 5.76 Å². The molecule has 0 aromatic carbocycles. The van der Waals surface area contributed by atoms with E-state index in [0.29, 0.717) is 12.0 Å². The molecule has 130 valence electrons. The summed E-state index contributed by atoms with van der Waals surface area (Å²) in [6, 6.07) is 3.93. The summed E-state index contributed by atoms with van der Waals surface area (Å²) in [5.74, 6) is 2.54. The molecule has 1 fully saturated rings. The number of hydrogen-bond acceptors (Lipinski definition) is 3. The molecule has 0 radical (unpaired) electrons. The number of rotatable bonds is 9. The predicted molar refractivity (Wildman–Crippen MR) is 93.8 cm³/mol. The van der Waals surface area contributed by atoms with Crippen LogP contribution in [0.2, 0.25) is 0 Å². The molecular weight excluding hydrogens is 290 g/mol. The van der Waals surface area contributed by atoms with Crippen LogP contribution in [-0.2, 0) is 11.2 Å². The summed E-state index contributed by atoms with van der Waals surface area (Å²) in [5.41, 5.74) is 0. The van der Waals surface area contributed by atoms with Crippen molar-refractivity contribution in [2.45, 2.75) is 52.1 Å². The molecule has 0 saturated carbocycles. The quantitative estimate of drug-likeness (QED) is 0.542. The van der Waals surface area contributed by atoms with Gasteiger partial charge in [0.05, 0.1) is 12.4 Å². The maximum Gasteiger partial charge on any atom is 0.191 e. The Labute approximate surface area is 139 Å². The first-order valence-corrected chi connectivity index (χ1v) is 8.98. The summed E-state index contributed by atoms with van der Waals surface area (Å²) in [6.07, 6.45) is 7.54. The molecule has 1 atom stereocenters. The summed E-state index contributed by atoms with van der Waals surface area (Å²) >= 11 is 0. The van der Waals surface area contributed by atoms with E-state index >= 15 is 0 Å². The van der Waals surface area contributed by atoms with Gasteiger partial charge in [0.25, 0.3) is 0 Å². The van der Waals surface area contributed by atoms with Crippen LogP contribution >= 0.6 is 0 Å².